The number of carbonyl (C=O) groups is 1. The number of benzene rings is 2. The van der Waals surface area contributed by atoms with Gasteiger partial charge in [0.2, 0.25) is 0 Å². The minimum absolute atomic E-state index is 0.00935. The Bertz CT molecular complexity index is 864. The number of hydroxylamine groups is 2. The molecule has 0 fully saturated rings. The molecule has 0 radical (unpaired) electrons. The quantitative estimate of drug-likeness (QED) is 0.635. The summed E-state index contributed by atoms with van der Waals surface area (Å²) in [5, 5.41) is 24.9. The van der Waals surface area contributed by atoms with Gasteiger partial charge in [-0.1, -0.05) is 42.1 Å². The van der Waals surface area contributed by atoms with Crippen LogP contribution in [0, 0.1) is 11.6 Å². The minimum Gasteiger partial charge on any atom is -0.393 e. The zero-order valence-corrected chi connectivity index (χ0v) is 14.5. The van der Waals surface area contributed by atoms with Crippen LogP contribution >= 0.6 is 11.8 Å². The molecule has 1 heterocycles. The predicted octanol–water partition coefficient (Wildman–Crippen LogP) is 2.96. The van der Waals surface area contributed by atoms with Gasteiger partial charge in [0.1, 0.15) is 16.7 Å². The first-order chi connectivity index (χ1) is 12.4. The molecule has 136 valence electrons. The van der Waals surface area contributed by atoms with Crippen LogP contribution in [0.15, 0.2) is 53.6 Å². The summed E-state index contributed by atoms with van der Waals surface area (Å²) in [5.41, 5.74) is 0.373. The molecule has 1 unspecified atom stereocenters. The smallest absolute Gasteiger partial charge is 0.365 e. The Labute approximate surface area is 152 Å². The number of nitrogens with zero attached hydrogens (tertiary/aromatic N) is 3. The third-order valence-electron chi connectivity index (χ3n) is 3.85. The lowest BCUT2D eigenvalue weighted by molar-refractivity contribution is -0.0430. The number of aliphatic hydroxyl groups is 1. The average Bonchev–Trinajstić information content (AvgIpc) is 3.04. The molecule has 2 amide bonds. The van der Waals surface area contributed by atoms with Gasteiger partial charge < -0.3 is 5.11 Å². The molecule has 2 aromatic carbocycles. The van der Waals surface area contributed by atoms with Gasteiger partial charge in [-0.15, -0.1) is 0 Å². The van der Waals surface area contributed by atoms with Crippen molar-refractivity contribution in [3.05, 3.63) is 71.3 Å². The zero-order valence-electron chi connectivity index (χ0n) is 13.6. The van der Waals surface area contributed by atoms with Gasteiger partial charge in [-0.25, -0.2) is 18.6 Å². The number of carbonyl (C=O) groups excluding carboxylic acids is 1. The number of amides is 2. The third kappa shape index (κ3) is 3.05. The van der Waals surface area contributed by atoms with E-state index < -0.39 is 29.1 Å². The van der Waals surface area contributed by atoms with Crippen LogP contribution in [-0.4, -0.2) is 45.1 Å². The maximum absolute atomic E-state index is 14.2. The monoisotopic (exact) mass is 379 g/mol. The van der Waals surface area contributed by atoms with Crippen molar-refractivity contribution >= 4 is 22.8 Å². The molecular formula is C17H15F2N3O3S. The summed E-state index contributed by atoms with van der Waals surface area (Å²) in [6.07, 6.45) is 0. The predicted molar refractivity (Wildman–Crippen MR) is 92.5 cm³/mol. The largest absolute Gasteiger partial charge is 0.393 e. The highest BCUT2D eigenvalue weighted by atomic mass is 32.2. The van der Waals surface area contributed by atoms with Gasteiger partial charge in [0.25, 0.3) is 0 Å². The van der Waals surface area contributed by atoms with Gasteiger partial charge in [0, 0.05) is 12.6 Å². The van der Waals surface area contributed by atoms with Crippen LogP contribution in [0.25, 0.3) is 0 Å². The van der Waals surface area contributed by atoms with Crippen molar-refractivity contribution in [3.8, 4) is 0 Å². The summed E-state index contributed by atoms with van der Waals surface area (Å²) in [7, 11) is 1.11. The van der Waals surface area contributed by atoms with Crippen LogP contribution in [-0.2, 0) is 4.87 Å². The molecule has 1 aliphatic heterocycles. The first kappa shape index (κ1) is 18.3. The van der Waals surface area contributed by atoms with Crippen LogP contribution in [0.2, 0.25) is 0 Å². The number of urea groups is 1. The van der Waals surface area contributed by atoms with Crippen molar-refractivity contribution in [2.75, 3.05) is 13.7 Å². The van der Waals surface area contributed by atoms with E-state index >= 15 is 0 Å². The summed E-state index contributed by atoms with van der Waals surface area (Å²) in [6.45, 7) is -0.564. The van der Waals surface area contributed by atoms with Gasteiger partial charge in [-0.05, 0) is 23.8 Å². The Morgan fingerprint density at radius 2 is 1.96 bits per heavy atom. The van der Waals surface area contributed by atoms with Crippen molar-refractivity contribution in [1.82, 2.24) is 10.1 Å². The van der Waals surface area contributed by atoms with Crippen LogP contribution in [0.4, 0.5) is 13.6 Å². The SMILES string of the molecule is CN(O)C(=O)N1N=C(c2cc(F)ccc2F)SC1(CO)c1ccccc1. The molecule has 0 aromatic heterocycles. The molecular weight excluding hydrogens is 364 g/mol. The van der Waals surface area contributed by atoms with Gasteiger partial charge in [0.05, 0.1) is 6.61 Å². The molecule has 1 atom stereocenters. The fourth-order valence-electron chi connectivity index (χ4n) is 2.57. The molecule has 9 heteroatoms. The summed E-state index contributed by atoms with van der Waals surface area (Å²) in [6, 6.07) is 10.5. The molecule has 3 rings (SSSR count). The van der Waals surface area contributed by atoms with E-state index in [1.54, 1.807) is 30.3 Å². The van der Waals surface area contributed by atoms with E-state index in [-0.39, 0.29) is 10.6 Å². The summed E-state index contributed by atoms with van der Waals surface area (Å²) >= 11 is 0.902. The topological polar surface area (TPSA) is 76.4 Å². The van der Waals surface area contributed by atoms with Gasteiger partial charge >= 0.3 is 6.03 Å². The molecule has 2 aromatic rings. The third-order valence-corrected chi connectivity index (χ3v) is 5.22. The number of hydrogen-bond donors (Lipinski definition) is 2. The number of rotatable bonds is 3. The van der Waals surface area contributed by atoms with E-state index in [0.717, 1.165) is 42.0 Å². The Kier molecular flexibility index (Phi) is 4.94. The molecule has 0 saturated heterocycles. The number of aliphatic hydroxyl groups excluding tert-OH is 1. The van der Waals surface area contributed by atoms with Crippen molar-refractivity contribution in [2.45, 2.75) is 4.87 Å². The minimum atomic E-state index is -1.43. The molecule has 0 saturated carbocycles. The number of halogens is 2. The maximum Gasteiger partial charge on any atom is 0.365 e. The molecule has 6 nitrogen and oxygen atoms in total. The van der Waals surface area contributed by atoms with Crippen LogP contribution < -0.4 is 0 Å². The summed E-state index contributed by atoms with van der Waals surface area (Å²) in [5.74, 6) is -1.38. The molecule has 0 spiro atoms. The number of hydrogen-bond acceptors (Lipinski definition) is 5. The first-order valence-electron chi connectivity index (χ1n) is 7.55. The van der Waals surface area contributed by atoms with Crippen molar-refractivity contribution < 1.29 is 23.9 Å². The van der Waals surface area contributed by atoms with E-state index in [2.05, 4.69) is 5.10 Å². The van der Waals surface area contributed by atoms with Crippen LogP contribution in [0.5, 0.6) is 0 Å². The normalized spacial score (nSPS) is 19.4. The van der Waals surface area contributed by atoms with Gasteiger partial charge in [0.15, 0.2) is 4.87 Å². The second-order valence-electron chi connectivity index (χ2n) is 5.56. The maximum atomic E-state index is 14.2. The highest BCUT2D eigenvalue weighted by Crippen LogP contribution is 2.47. The molecule has 1 aliphatic rings. The summed E-state index contributed by atoms with van der Waals surface area (Å²) in [4.78, 5) is 11.0. The number of hydrazone groups is 1. The van der Waals surface area contributed by atoms with E-state index in [4.69, 9.17) is 0 Å². The second kappa shape index (κ2) is 7.02. The lowest BCUT2D eigenvalue weighted by Crippen LogP contribution is -2.48. The first-order valence-corrected chi connectivity index (χ1v) is 8.37. The van der Waals surface area contributed by atoms with E-state index in [0.29, 0.717) is 10.6 Å². The highest BCUT2D eigenvalue weighted by Gasteiger charge is 2.49. The molecule has 0 aliphatic carbocycles. The Hall–Kier alpha value is -2.49. The van der Waals surface area contributed by atoms with Gasteiger partial charge in [-0.2, -0.15) is 10.1 Å². The standard InChI is InChI=1S/C17H15F2N3O3S/c1-21(25)16(24)22-17(10-23,11-5-3-2-4-6-11)26-15(20-22)13-9-12(18)7-8-14(13)19/h2-9,23,25H,10H2,1H3. The van der Waals surface area contributed by atoms with Crippen LogP contribution in [0.3, 0.4) is 0 Å². The Balaban J connectivity index is 2.14. The molecule has 0 bridgehead atoms. The van der Waals surface area contributed by atoms with Crippen molar-refractivity contribution in [2.24, 2.45) is 5.10 Å². The van der Waals surface area contributed by atoms with Crippen molar-refractivity contribution in [3.63, 3.8) is 0 Å². The van der Waals surface area contributed by atoms with E-state index in [1.165, 1.54) is 0 Å². The lowest BCUT2D eigenvalue weighted by atomic mass is 10.1. The van der Waals surface area contributed by atoms with Gasteiger partial charge in [-0.3, -0.25) is 5.21 Å². The fraction of sp³-hybridized carbons (Fsp3) is 0.176. The van der Waals surface area contributed by atoms with Crippen LogP contribution in [0.1, 0.15) is 11.1 Å². The average molecular weight is 379 g/mol. The zero-order chi connectivity index (χ0) is 18.9. The molecule has 26 heavy (non-hydrogen) atoms. The van der Waals surface area contributed by atoms with E-state index in [9.17, 15) is 23.9 Å². The second-order valence-corrected chi connectivity index (χ2v) is 6.82. The van der Waals surface area contributed by atoms with Crippen molar-refractivity contribution in [1.29, 1.82) is 0 Å². The lowest BCUT2D eigenvalue weighted by Gasteiger charge is -2.34. The number of thioether (sulfide) groups is 1. The highest BCUT2D eigenvalue weighted by molar-refractivity contribution is 8.15. The summed E-state index contributed by atoms with van der Waals surface area (Å²) < 4.78 is 27.8. The molecule has 2 N–H and O–H groups in total. The van der Waals surface area contributed by atoms with E-state index in [1.807, 2.05) is 0 Å². The Morgan fingerprint density at radius 1 is 1.27 bits per heavy atom. The fourth-order valence-corrected chi connectivity index (χ4v) is 3.80. The Morgan fingerprint density at radius 3 is 2.58 bits per heavy atom.